The Morgan fingerprint density at radius 1 is 1.32 bits per heavy atom. The first-order valence-electron chi connectivity index (χ1n) is 6.46. The minimum atomic E-state index is -0.323. The largest absolute Gasteiger partial charge is 0.368 e. The molecule has 0 unspecified atom stereocenters. The Morgan fingerprint density at radius 2 is 2.05 bits per heavy atom. The number of amides is 1. The molecule has 0 aliphatic rings. The van der Waals surface area contributed by atoms with Crippen molar-refractivity contribution >= 4 is 16.8 Å². The van der Waals surface area contributed by atoms with Crippen LogP contribution in [-0.2, 0) is 17.9 Å². The van der Waals surface area contributed by atoms with E-state index in [0.717, 1.165) is 17.4 Å². The molecule has 0 fully saturated rings. The van der Waals surface area contributed by atoms with Crippen LogP contribution in [0.1, 0.15) is 26.3 Å². The molecule has 1 aromatic carbocycles. The third-order valence-corrected chi connectivity index (χ3v) is 2.98. The third kappa shape index (κ3) is 3.58. The van der Waals surface area contributed by atoms with E-state index in [9.17, 15) is 4.79 Å². The summed E-state index contributed by atoms with van der Waals surface area (Å²) in [7, 11) is 0. The number of carbonyl (C=O) groups excluding carboxylic acids is 1. The van der Waals surface area contributed by atoms with E-state index in [4.69, 9.17) is 5.73 Å². The number of nitrogens with zero attached hydrogens (tertiary/aromatic N) is 1. The molecule has 0 spiro atoms. The number of aromatic nitrogens is 1. The second-order valence-corrected chi connectivity index (χ2v) is 5.91. The van der Waals surface area contributed by atoms with E-state index in [-0.39, 0.29) is 18.0 Å². The summed E-state index contributed by atoms with van der Waals surface area (Å²) in [5, 5.41) is 4.59. The molecule has 0 saturated heterocycles. The Kier molecular flexibility index (Phi) is 3.62. The molecule has 0 bridgehead atoms. The topological polar surface area (TPSA) is 60.1 Å². The van der Waals surface area contributed by atoms with Gasteiger partial charge in [-0.3, -0.25) is 4.79 Å². The minimum Gasteiger partial charge on any atom is -0.368 e. The van der Waals surface area contributed by atoms with Crippen molar-refractivity contribution in [1.29, 1.82) is 0 Å². The predicted octanol–water partition coefficient (Wildman–Crippen LogP) is 2.01. The van der Waals surface area contributed by atoms with E-state index < -0.39 is 0 Å². The average molecular weight is 259 g/mol. The van der Waals surface area contributed by atoms with E-state index in [2.05, 4.69) is 38.2 Å². The number of hydrogen-bond donors (Lipinski definition) is 2. The third-order valence-electron chi connectivity index (χ3n) is 2.98. The van der Waals surface area contributed by atoms with Gasteiger partial charge in [-0.25, -0.2) is 0 Å². The molecule has 2 aromatic rings. The average Bonchev–Trinajstić information content (AvgIpc) is 2.68. The summed E-state index contributed by atoms with van der Waals surface area (Å²) in [4.78, 5) is 11.0. The predicted molar refractivity (Wildman–Crippen MR) is 77.7 cm³/mol. The van der Waals surface area contributed by atoms with Crippen molar-refractivity contribution in [3.8, 4) is 0 Å². The van der Waals surface area contributed by atoms with Gasteiger partial charge < -0.3 is 15.6 Å². The lowest BCUT2D eigenvalue weighted by Crippen LogP contribution is -2.35. The molecule has 0 atom stereocenters. The van der Waals surface area contributed by atoms with E-state index in [1.54, 1.807) is 0 Å². The molecule has 102 valence electrons. The Bertz CT molecular complexity index is 593. The molecule has 1 aromatic heterocycles. The van der Waals surface area contributed by atoms with Gasteiger partial charge in [-0.15, -0.1) is 0 Å². The van der Waals surface area contributed by atoms with Crippen LogP contribution in [0.2, 0.25) is 0 Å². The van der Waals surface area contributed by atoms with Gasteiger partial charge in [0, 0.05) is 23.8 Å². The van der Waals surface area contributed by atoms with Crippen LogP contribution in [0.5, 0.6) is 0 Å². The molecule has 19 heavy (non-hydrogen) atoms. The minimum absolute atomic E-state index is 0.104. The quantitative estimate of drug-likeness (QED) is 0.882. The number of rotatable bonds is 4. The molecule has 4 nitrogen and oxygen atoms in total. The molecule has 2 rings (SSSR count). The summed E-state index contributed by atoms with van der Waals surface area (Å²) >= 11 is 0. The number of nitrogens with one attached hydrogen (secondary N) is 1. The maximum atomic E-state index is 11.0. The van der Waals surface area contributed by atoms with Crippen LogP contribution in [0, 0.1) is 0 Å². The summed E-state index contributed by atoms with van der Waals surface area (Å²) in [5.74, 6) is -0.323. The second kappa shape index (κ2) is 5.05. The van der Waals surface area contributed by atoms with Crippen molar-refractivity contribution in [2.75, 3.05) is 0 Å². The Labute approximate surface area is 113 Å². The molecule has 0 aliphatic carbocycles. The number of carbonyl (C=O) groups is 1. The van der Waals surface area contributed by atoms with Crippen molar-refractivity contribution in [2.45, 2.75) is 39.4 Å². The molecule has 3 N–H and O–H groups in total. The van der Waals surface area contributed by atoms with Gasteiger partial charge in [0.05, 0.1) is 0 Å². The lowest BCUT2D eigenvalue weighted by atomic mass is 10.1. The van der Waals surface area contributed by atoms with Gasteiger partial charge in [0.15, 0.2) is 0 Å². The maximum Gasteiger partial charge on any atom is 0.237 e. The molecular formula is C15H21N3O. The Balaban J connectivity index is 2.20. The zero-order chi connectivity index (χ0) is 14.0. The molecule has 0 radical (unpaired) electrons. The highest BCUT2D eigenvalue weighted by Gasteiger charge is 2.09. The lowest BCUT2D eigenvalue weighted by molar-refractivity contribution is -0.118. The fourth-order valence-corrected chi connectivity index (χ4v) is 2.03. The number of benzene rings is 1. The van der Waals surface area contributed by atoms with Gasteiger partial charge in [-0.2, -0.15) is 0 Å². The highest BCUT2D eigenvalue weighted by Crippen LogP contribution is 2.18. The van der Waals surface area contributed by atoms with Crippen LogP contribution >= 0.6 is 0 Å². The van der Waals surface area contributed by atoms with E-state index >= 15 is 0 Å². The summed E-state index contributed by atoms with van der Waals surface area (Å²) < 4.78 is 1.87. The smallest absolute Gasteiger partial charge is 0.237 e. The molecule has 1 heterocycles. The maximum absolute atomic E-state index is 11.0. The van der Waals surface area contributed by atoms with Gasteiger partial charge in [0.1, 0.15) is 6.54 Å². The standard InChI is InChI=1S/C15H21N3O/c1-15(2,3)17-9-11-4-5-13-12(8-11)6-7-18(13)10-14(16)19/h4-8,17H,9-10H2,1-3H3,(H2,16,19). The molecular weight excluding hydrogens is 238 g/mol. The van der Waals surface area contributed by atoms with Gasteiger partial charge >= 0.3 is 0 Å². The normalized spacial score (nSPS) is 11.9. The molecule has 4 heteroatoms. The van der Waals surface area contributed by atoms with Crippen LogP contribution < -0.4 is 11.1 Å². The fourth-order valence-electron chi connectivity index (χ4n) is 2.03. The van der Waals surface area contributed by atoms with Gasteiger partial charge in [-0.1, -0.05) is 6.07 Å². The van der Waals surface area contributed by atoms with Crippen molar-refractivity contribution in [2.24, 2.45) is 5.73 Å². The zero-order valence-electron chi connectivity index (χ0n) is 11.7. The van der Waals surface area contributed by atoms with Crippen LogP contribution in [0.25, 0.3) is 10.9 Å². The van der Waals surface area contributed by atoms with Crippen molar-refractivity contribution < 1.29 is 4.79 Å². The van der Waals surface area contributed by atoms with Crippen LogP contribution in [0.4, 0.5) is 0 Å². The number of fused-ring (bicyclic) bond motifs is 1. The first kappa shape index (κ1) is 13.6. The summed E-state index contributed by atoms with van der Waals surface area (Å²) in [6.45, 7) is 7.50. The van der Waals surface area contributed by atoms with Crippen molar-refractivity contribution in [3.63, 3.8) is 0 Å². The monoisotopic (exact) mass is 259 g/mol. The first-order valence-corrected chi connectivity index (χ1v) is 6.46. The highest BCUT2D eigenvalue weighted by molar-refractivity contribution is 5.83. The van der Waals surface area contributed by atoms with Gasteiger partial charge in [0.2, 0.25) is 5.91 Å². The first-order chi connectivity index (χ1) is 8.85. The summed E-state index contributed by atoms with van der Waals surface area (Å²) in [5.41, 5.74) is 7.61. The van der Waals surface area contributed by atoms with E-state index in [1.165, 1.54) is 5.56 Å². The zero-order valence-corrected chi connectivity index (χ0v) is 11.7. The van der Waals surface area contributed by atoms with Crippen LogP contribution in [-0.4, -0.2) is 16.0 Å². The van der Waals surface area contributed by atoms with E-state index in [1.807, 2.05) is 22.9 Å². The number of primary amides is 1. The molecule has 0 saturated carbocycles. The number of hydrogen-bond acceptors (Lipinski definition) is 2. The molecule has 1 amide bonds. The lowest BCUT2D eigenvalue weighted by Gasteiger charge is -2.20. The fraction of sp³-hybridized carbons (Fsp3) is 0.400. The van der Waals surface area contributed by atoms with Crippen LogP contribution in [0.15, 0.2) is 30.5 Å². The second-order valence-electron chi connectivity index (χ2n) is 5.91. The molecule has 0 aliphatic heterocycles. The van der Waals surface area contributed by atoms with Gasteiger partial charge in [-0.05, 0) is 49.9 Å². The Morgan fingerprint density at radius 3 is 2.68 bits per heavy atom. The van der Waals surface area contributed by atoms with Crippen molar-refractivity contribution in [3.05, 3.63) is 36.0 Å². The van der Waals surface area contributed by atoms with Crippen LogP contribution in [0.3, 0.4) is 0 Å². The number of nitrogens with two attached hydrogens (primary N) is 1. The Hall–Kier alpha value is -1.81. The van der Waals surface area contributed by atoms with Gasteiger partial charge in [0.25, 0.3) is 0 Å². The summed E-state index contributed by atoms with van der Waals surface area (Å²) in [6.07, 6.45) is 1.90. The SMILES string of the molecule is CC(C)(C)NCc1ccc2c(ccn2CC(N)=O)c1. The summed E-state index contributed by atoms with van der Waals surface area (Å²) in [6, 6.07) is 8.28. The van der Waals surface area contributed by atoms with Crippen molar-refractivity contribution in [1.82, 2.24) is 9.88 Å². The van der Waals surface area contributed by atoms with E-state index in [0.29, 0.717) is 0 Å². The highest BCUT2D eigenvalue weighted by atomic mass is 16.1.